The number of fused-ring (bicyclic) bond motifs is 4. The number of amides is 2. The van der Waals surface area contributed by atoms with Crippen LogP contribution in [0.15, 0.2) is 33.9 Å². The van der Waals surface area contributed by atoms with E-state index in [1.54, 1.807) is 0 Å². The quantitative estimate of drug-likeness (QED) is 0.117. The van der Waals surface area contributed by atoms with Crippen LogP contribution in [0.4, 0.5) is 21.5 Å². The first-order chi connectivity index (χ1) is 20.9. The first-order valence-electron chi connectivity index (χ1n) is 13.8. The molecular formula is C28H27FN8O6S. The largest absolute Gasteiger partial charge is 0.481 e. The van der Waals surface area contributed by atoms with E-state index in [1.807, 2.05) is 0 Å². The van der Waals surface area contributed by atoms with Gasteiger partial charge in [0.2, 0.25) is 4.77 Å². The highest BCUT2D eigenvalue weighted by Gasteiger charge is 2.52. The van der Waals surface area contributed by atoms with Crippen molar-refractivity contribution < 1.29 is 23.9 Å². The summed E-state index contributed by atoms with van der Waals surface area (Å²) in [6, 6.07) is 5.20. The van der Waals surface area contributed by atoms with Crippen molar-refractivity contribution in [1.29, 1.82) is 0 Å². The van der Waals surface area contributed by atoms with E-state index in [0.29, 0.717) is 50.6 Å². The highest BCUT2D eigenvalue weighted by Crippen LogP contribution is 2.56. The molecular weight excluding hydrogens is 595 g/mol. The average molecular weight is 623 g/mol. The Kier molecular flexibility index (Phi) is 7.02. The highest BCUT2D eigenvalue weighted by atomic mass is 32.1. The first kappa shape index (κ1) is 29.1. The van der Waals surface area contributed by atoms with Gasteiger partial charge in [-0.1, -0.05) is 6.07 Å². The van der Waals surface area contributed by atoms with Crippen LogP contribution >= 0.6 is 12.2 Å². The predicted molar refractivity (Wildman–Crippen MR) is 157 cm³/mol. The van der Waals surface area contributed by atoms with Crippen molar-refractivity contribution in [1.82, 2.24) is 30.2 Å². The number of carboxylic acids is 1. The maximum atomic E-state index is 14.4. The van der Waals surface area contributed by atoms with Gasteiger partial charge in [0.05, 0.1) is 11.1 Å². The number of aliphatic carboxylic acids is 1. The van der Waals surface area contributed by atoms with Crippen LogP contribution in [0, 0.1) is 21.4 Å². The van der Waals surface area contributed by atoms with E-state index in [9.17, 15) is 33.5 Å². The van der Waals surface area contributed by atoms with Crippen molar-refractivity contribution in [3.05, 3.63) is 72.3 Å². The molecule has 3 saturated carbocycles. The van der Waals surface area contributed by atoms with Gasteiger partial charge < -0.3 is 26.8 Å². The number of benzene rings is 1. The molecule has 16 heteroatoms. The Morgan fingerprint density at radius 2 is 1.75 bits per heavy atom. The second-order valence-corrected chi connectivity index (χ2v) is 11.9. The summed E-state index contributed by atoms with van der Waals surface area (Å²) in [7, 11) is 0. The highest BCUT2D eigenvalue weighted by molar-refractivity contribution is 7.71. The molecule has 2 aromatic carbocycles. The van der Waals surface area contributed by atoms with E-state index in [1.165, 1.54) is 22.6 Å². The molecule has 2 heterocycles. The Hall–Kier alpha value is -4.99. The number of anilines is 3. The predicted octanol–water partition coefficient (Wildman–Crippen LogP) is 1.93. The van der Waals surface area contributed by atoms with Gasteiger partial charge in [0, 0.05) is 13.1 Å². The summed E-state index contributed by atoms with van der Waals surface area (Å²) in [5.41, 5.74) is 2.75. The van der Waals surface area contributed by atoms with Gasteiger partial charge in [-0.3, -0.25) is 24.0 Å². The topological polar surface area (TPSA) is 214 Å². The zero-order valence-corrected chi connectivity index (χ0v) is 24.0. The zero-order chi connectivity index (χ0) is 31.4. The van der Waals surface area contributed by atoms with Crippen molar-refractivity contribution in [2.45, 2.75) is 45.1 Å². The molecule has 4 aromatic rings. The van der Waals surface area contributed by atoms with E-state index < -0.39 is 39.9 Å². The zero-order valence-electron chi connectivity index (χ0n) is 23.2. The summed E-state index contributed by atoms with van der Waals surface area (Å²) in [4.78, 5) is 65.6. The van der Waals surface area contributed by atoms with Crippen molar-refractivity contribution in [3.63, 3.8) is 0 Å². The lowest BCUT2D eigenvalue weighted by atomic mass is 9.53. The van der Waals surface area contributed by atoms with Crippen LogP contribution in [0.3, 0.4) is 0 Å². The second-order valence-electron chi connectivity index (χ2n) is 11.5. The van der Waals surface area contributed by atoms with E-state index in [-0.39, 0.29) is 51.0 Å². The lowest BCUT2D eigenvalue weighted by molar-refractivity contribution is -0.158. The van der Waals surface area contributed by atoms with Gasteiger partial charge in [0.15, 0.2) is 0 Å². The SMILES string of the molecule is Nc1c(Nc2cc(CNC(=O)c3cc(C(=O)NCC45CCC(C(=O)O)(CC4)CC5)n4c(=S)[nH]nc4n3)ccc2F)c(=O)c1=O. The van der Waals surface area contributed by atoms with Crippen molar-refractivity contribution in [2.24, 2.45) is 10.8 Å². The number of carbonyl (C=O) groups is 3. The monoisotopic (exact) mass is 622 g/mol. The minimum absolute atomic E-state index is 0.00591. The number of nitrogens with zero attached hydrogens (tertiary/aromatic N) is 3. The van der Waals surface area contributed by atoms with Crippen LogP contribution in [0.5, 0.6) is 0 Å². The third-order valence-electron chi connectivity index (χ3n) is 9.02. The van der Waals surface area contributed by atoms with E-state index >= 15 is 0 Å². The number of aromatic amines is 1. The molecule has 7 rings (SSSR count). The second kappa shape index (κ2) is 10.6. The molecule has 14 nitrogen and oxygen atoms in total. The molecule has 228 valence electrons. The Morgan fingerprint density at radius 3 is 2.41 bits per heavy atom. The molecule has 2 aromatic heterocycles. The molecule has 3 aliphatic carbocycles. The number of rotatable bonds is 9. The normalized spacial score (nSPS) is 20.9. The van der Waals surface area contributed by atoms with E-state index in [4.69, 9.17) is 18.0 Å². The summed E-state index contributed by atoms with van der Waals surface area (Å²) in [6.07, 6.45) is 3.82. The van der Waals surface area contributed by atoms with E-state index in [2.05, 4.69) is 31.1 Å². The van der Waals surface area contributed by atoms with Crippen LogP contribution in [0.2, 0.25) is 0 Å². The molecule has 0 unspecified atom stereocenters. The van der Waals surface area contributed by atoms with Crippen molar-refractivity contribution in [2.75, 3.05) is 17.6 Å². The molecule has 3 aliphatic rings. The maximum absolute atomic E-state index is 14.4. The van der Waals surface area contributed by atoms with Gasteiger partial charge in [0.25, 0.3) is 28.4 Å². The molecule has 0 radical (unpaired) electrons. The fourth-order valence-corrected chi connectivity index (χ4v) is 6.35. The van der Waals surface area contributed by atoms with Gasteiger partial charge in [-0.2, -0.15) is 0 Å². The van der Waals surface area contributed by atoms with Gasteiger partial charge in [-0.15, -0.1) is 5.10 Å². The minimum Gasteiger partial charge on any atom is -0.481 e. The summed E-state index contributed by atoms with van der Waals surface area (Å²) in [6.45, 7) is 0.276. The first-order valence-corrected chi connectivity index (χ1v) is 14.3. The molecule has 0 spiro atoms. The van der Waals surface area contributed by atoms with Gasteiger partial charge in [-0.25, -0.2) is 18.9 Å². The van der Waals surface area contributed by atoms with Crippen molar-refractivity contribution in [3.8, 4) is 0 Å². The van der Waals surface area contributed by atoms with Crippen molar-refractivity contribution >= 4 is 52.8 Å². The molecule has 3 fully saturated rings. The minimum atomic E-state index is -0.849. The molecule has 0 saturated heterocycles. The molecule has 0 atom stereocenters. The molecule has 0 aliphatic heterocycles. The molecule has 44 heavy (non-hydrogen) atoms. The molecule has 2 amide bonds. The number of nitrogens with one attached hydrogen (secondary N) is 4. The van der Waals surface area contributed by atoms with Gasteiger partial charge >= 0.3 is 5.97 Å². The number of aromatic nitrogens is 4. The summed E-state index contributed by atoms with van der Waals surface area (Å²) < 4.78 is 15.8. The summed E-state index contributed by atoms with van der Waals surface area (Å²) >= 11 is 5.28. The third kappa shape index (κ3) is 4.90. The van der Waals surface area contributed by atoms with Crippen LogP contribution in [0.25, 0.3) is 5.78 Å². The number of nitrogens with two attached hydrogens (primary N) is 1. The van der Waals surface area contributed by atoms with E-state index in [0.717, 1.165) is 6.07 Å². The lowest BCUT2D eigenvalue weighted by Crippen LogP contribution is -2.50. The Bertz CT molecular complexity index is 1970. The number of hydrogen-bond acceptors (Lipinski definition) is 10. The number of hydrogen-bond donors (Lipinski definition) is 6. The number of carbonyl (C=O) groups excluding carboxylic acids is 2. The van der Waals surface area contributed by atoms with Crippen LogP contribution < -0.4 is 32.5 Å². The molecule has 2 bridgehead atoms. The number of nitrogen functional groups attached to an aromatic ring is 1. The Labute approximate surface area is 252 Å². The summed E-state index contributed by atoms with van der Waals surface area (Å²) in [5, 5.41) is 24.4. The van der Waals surface area contributed by atoms with Gasteiger partial charge in [-0.05, 0) is 79.9 Å². The lowest BCUT2D eigenvalue weighted by Gasteiger charge is -2.51. The summed E-state index contributed by atoms with van der Waals surface area (Å²) in [5.74, 6) is -2.59. The number of H-pyrrole nitrogens is 1. The third-order valence-corrected chi connectivity index (χ3v) is 9.30. The molecule has 7 N–H and O–H groups in total. The smallest absolute Gasteiger partial charge is 0.309 e. The average Bonchev–Trinajstić information content (AvgIpc) is 3.42. The Morgan fingerprint density at radius 1 is 1.05 bits per heavy atom. The number of carboxylic acid groups (broad SMARTS) is 1. The number of halogens is 1. The standard InChI is InChI=1S/C28H27FN8O6S/c29-14-2-1-13(9-15(14)33-19-18(30)20(38)21(19)39)11-31-22(40)16-10-17(37-25(34-16)35-36-26(37)44)23(41)32-12-27-3-6-28(7-4-27,8-5-27)24(42)43/h1-2,9-10,33H,3-8,11-12,30H2,(H,31,40)(H,32,41)(H,36,44)(H,42,43). The van der Waals surface area contributed by atoms with Crippen LogP contribution in [-0.4, -0.2) is 49.0 Å². The fraction of sp³-hybridized carbons (Fsp3) is 0.357. The van der Waals surface area contributed by atoms with Gasteiger partial charge in [0.1, 0.15) is 28.6 Å². The Balaban J connectivity index is 1.16. The van der Waals surface area contributed by atoms with Crippen LogP contribution in [0.1, 0.15) is 65.1 Å². The van der Waals surface area contributed by atoms with Crippen LogP contribution in [-0.2, 0) is 11.3 Å². The maximum Gasteiger partial charge on any atom is 0.309 e. The fourth-order valence-electron chi connectivity index (χ4n) is 6.12.